The fraction of sp³-hybridized carbons (Fsp3) is 0.368. The third-order valence-electron chi connectivity index (χ3n) is 4.26. The molecular weight excluding hydrogens is 300 g/mol. The summed E-state index contributed by atoms with van der Waals surface area (Å²) in [6.45, 7) is 8.23. The Kier molecular flexibility index (Phi) is 5.11. The van der Waals surface area contributed by atoms with Crippen LogP contribution < -0.4 is 5.32 Å². The van der Waals surface area contributed by atoms with E-state index in [1.54, 1.807) is 6.20 Å². The second kappa shape index (κ2) is 7.45. The molecule has 1 aromatic carbocycles. The molecule has 1 fully saturated rings. The molecule has 5 heteroatoms. The second-order valence-electron chi connectivity index (χ2n) is 6.43. The van der Waals surface area contributed by atoms with Gasteiger partial charge in [-0.15, -0.1) is 0 Å². The number of carbonyl (C=O) groups excluding carboxylic acids is 1. The molecule has 0 saturated carbocycles. The van der Waals surface area contributed by atoms with Crippen LogP contribution in [0.2, 0.25) is 0 Å². The van der Waals surface area contributed by atoms with Crippen LogP contribution in [0.15, 0.2) is 42.7 Å². The third-order valence-corrected chi connectivity index (χ3v) is 4.26. The molecule has 1 saturated heterocycles. The molecule has 1 aromatic heterocycles. The number of hydrogen-bond acceptors (Lipinski definition) is 3. The van der Waals surface area contributed by atoms with Crippen molar-refractivity contribution in [3.8, 4) is 0 Å². The highest BCUT2D eigenvalue weighted by Gasteiger charge is 2.21. The van der Waals surface area contributed by atoms with Crippen LogP contribution in [-0.2, 0) is 6.54 Å². The minimum atomic E-state index is -0.0129. The maximum Gasteiger partial charge on any atom is 0.321 e. The van der Waals surface area contributed by atoms with Crippen LogP contribution in [0.4, 0.5) is 10.5 Å². The highest BCUT2D eigenvalue weighted by atomic mass is 16.2. The molecule has 2 amide bonds. The summed E-state index contributed by atoms with van der Waals surface area (Å²) in [6.07, 6.45) is 3.69. The van der Waals surface area contributed by atoms with Gasteiger partial charge in [0.25, 0.3) is 0 Å². The van der Waals surface area contributed by atoms with E-state index in [1.807, 2.05) is 43.1 Å². The Hall–Kier alpha value is -2.40. The van der Waals surface area contributed by atoms with Crippen molar-refractivity contribution >= 4 is 11.7 Å². The molecular formula is C19H24N4O. The van der Waals surface area contributed by atoms with Gasteiger partial charge in [0.05, 0.1) is 0 Å². The van der Waals surface area contributed by atoms with E-state index in [9.17, 15) is 4.79 Å². The molecule has 1 aliphatic heterocycles. The average molecular weight is 324 g/mol. The highest BCUT2D eigenvalue weighted by molar-refractivity contribution is 5.89. The van der Waals surface area contributed by atoms with Crippen LogP contribution in [0, 0.1) is 13.8 Å². The lowest BCUT2D eigenvalue weighted by atomic mass is 10.1. The van der Waals surface area contributed by atoms with Crippen LogP contribution in [0.1, 0.15) is 16.7 Å². The number of aryl methyl sites for hydroxylation is 2. The molecule has 24 heavy (non-hydrogen) atoms. The lowest BCUT2D eigenvalue weighted by Crippen LogP contribution is -2.49. The predicted octanol–water partition coefficient (Wildman–Crippen LogP) is 3.05. The number of rotatable bonds is 3. The van der Waals surface area contributed by atoms with Gasteiger partial charge < -0.3 is 10.2 Å². The van der Waals surface area contributed by atoms with Gasteiger partial charge >= 0.3 is 6.03 Å². The molecule has 1 N–H and O–H groups in total. The Bertz CT molecular complexity index is 674. The van der Waals surface area contributed by atoms with E-state index in [0.29, 0.717) is 0 Å². The Morgan fingerprint density at radius 1 is 1.12 bits per heavy atom. The fourth-order valence-electron chi connectivity index (χ4n) is 3.11. The van der Waals surface area contributed by atoms with E-state index in [0.717, 1.165) is 49.5 Å². The molecule has 2 heterocycles. The number of nitrogens with one attached hydrogen (secondary N) is 1. The zero-order valence-corrected chi connectivity index (χ0v) is 14.3. The number of piperazine rings is 1. The van der Waals surface area contributed by atoms with Gasteiger partial charge in [0.2, 0.25) is 0 Å². The third kappa shape index (κ3) is 4.32. The van der Waals surface area contributed by atoms with Crippen molar-refractivity contribution in [3.63, 3.8) is 0 Å². The molecule has 2 aromatic rings. The van der Waals surface area contributed by atoms with Crippen molar-refractivity contribution < 1.29 is 4.79 Å². The number of carbonyl (C=O) groups is 1. The first-order valence-corrected chi connectivity index (χ1v) is 8.35. The minimum Gasteiger partial charge on any atom is -0.322 e. The normalized spacial score (nSPS) is 15.3. The fourth-order valence-corrected chi connectivity index (χ4v) is 3.11. The Morgan fingerprint density at radius 2 is 1.83 bits per heavy atom. The molecule has 126 valence electrons. The van der Waals surface area contributed by atoms with E-state index in [-0.39, 0.29) is 6.03 Å². The summed E-state index contributed by atoms with van der Waals surface area (Å²) in [6, 6.07) is 10.1. The number of benzene rings is 1. The summed E-state index contributed by atoms with van der Waals surface area (Å²) in [5.41, 5.74) is 4.40. The molecule has 0 atom stereocenters. The van der Waals surface area contributed by atoms with Gasteiger partial charge in [0, 0.05) is 50.8 Å². The zero-order chi connectivity index (χ0) is 16.9. The number of hydrogen-bond donors (Lipinski definition) is 1. The van der Waals surface area contributed by atoms with Gasteiger partial charge in [-0.1, -0.05) is 12.1 Å². The predicted molar refractivity (Wildman–Crippen MR) is 96.0 cm³/mol. The monoisotopic (exact) mass is 324 g/mol. The molecule has 0 bridgehead atoms. The zero-order valence-electron chi connectivity index (χ0n) is 14.3. The van der Waals surface area contributed by atoms with Crippen LogP contribution >= 0.6 is 0 Å². The van der Waals surface area contributed by atoms with Gasteiger partial charge in [0.1, 0.15) is 0 Å². The van der Waals surface area contributed by atoms with Crippen LogP contribution in [0.3, 0.4) is 0 Å². The number of anilines is 1. The van der Waals surface area contributed by atoms with Crippen molar-refractivity contribution in [1.29, 1.82) is 0 Å². The second-order valence-corrected chi connectivity index (χ2v) is 6.43. The number of amides is 2. The van der Waals surface area contributed by atoms with Gasteiger partial charge in [0.15, 0.2) is 0 Å². The number of pyridine rings is 1. The first-order chi connectivity index (χ1) is 11.6. The van der Waals surface area contributed by atoms with Gasteiger partial charge in [-0.05, 0) is 48.7 Å². The van der Waals surface area contributed by atoms with E-state index >= 15 is 0 Å². The Labute approximate surface area is 143 Å². The molecule has 1 aliphatic rings. The SMILES string of the molecule is Cc1cc(C)cc(NC(=O)N2CCN(Cc3cccnc3)CC2)c1. The summed E-state index contributed by atoms with van der Waals surface area (Å²) in [5, 5.41) is 3.02. The van der Waals surface area contributed by atoms with Crippen molar-refractivity contribution in [2.45, 2.75) is 20.4 Å². The van der Waals surface area contributed by atoms with E-state index in [2.05, 4.69) is 27.3 Å². The first kappa shape index (κ1) is 16.5. The Balaban J connectivity index is 1.51. The maximum absolute atomic E-state index is 12.4. The van der Waals surface area contributed by atoms with Gasteiger partial charge in [-0.3, -0.25) is 9.88 Å². The largest absolute Gasteiger partial charge is 0.322 e. The molecule has 3 rings (SSSR count). The minimum absolute atomic E-state index is 0.0129. The average Bonchev–Trinajstić information content (AvgIpc) is 2.55. The topological polar surface area (TPSA) is 48.5 Å². The lowest BCUT2D eigenvalue weighted by molar-refractivity contribution is 0.143. The van der Waals surface area contributed by atoms with Gasteiger partial charge in [-0.25, -0.2) is 4.79 Å². The number of aromatic nitrogens is 1. The lowest BCUT2D eigenvalue weighted by Gasteiger charge is -2.34. The van der Waals surface area contributed by atoms with E-state index in [4.69, 9.17) is 0 Å². The maximum atomic E-state index is 12.4. The molecule has 0 aliphatic carbocycles. The van der Waals surface area contributed by atoms with Gasteiger partial charge in [-0.2, -0.15) is 0 Å². The first-order valence-electron chi connectivity index (χ1n) is 8.35. The summed E-state index contributed by atoms with van der Waals surface area (Å²) in [7, 11) is 0. The van der Waals surface area contributed by atoms with Crippen LogP contribution in [0.25, 0.3) is 0 Å². The standard InChI is InChI=1S/C19H24N4O/c1-15-10-16(2)12-18(11-15)21-19(24)23-8-6-22(7-9-23)14-17-4-3-5-20-13-17/h3-5,10-13H,6-9,14H2,1-2H3,(H,21,24). The summed E-state index contributed by atoms with van der Waals surface area (Å²) < 4.78 is 0. The van der Waals surface area contributed by atoms with Crippen molar-refractivity contribution in [3.05, 3.63) is 59.4 Å². The molecule has 0 radical (unpaired) electrons. The van der Waals surface area contributed by atoms with Crippen molar-refractivity contribution in [1.82, 2.24) is 14.8 Å². The van der Waals surface area contributed by atoms with Crippen LogP contribution in [0.5, 0.6) is 0 Å². The summed E-state index contributed by atoms with van der Waals surface area (Å²) in [5.74, 6) is 0. The Morgan fingerprint density at radius 3 is 2.46 bits per heavy atom. The van der Waals surface area contributed by atoms with E-state index < -0.39 is 0 Å². The van der Waals surface area contributed by atoms with Crippen molar-refractivity contribution in [2.75, 3.05) is 31.5 Å². The number of nitrogens with zero attached hydrogens (tertiary/aromatic N) is 3. The highest BCUT2D eigenvalue weighted by Crippen LogP contribution is 2.15. The van der Waals surface area contributed by atoms with Crippen molar-refractivity contribution in [2.24, 2.45) is 0 Å². The molecule has 0 spiro atoms. The van der Waals surface area contributed by atoms with E-state index in [1.165, 1.54) is 5.56 Å². The summed E-state index contributed by atoms with van der Waals surface area (Å²) >= 11 is 0. The smallest absolute Gasteiger partial charge is 0.321 e. The summed E-state index contributed by atoms with van der Waals surface area (Å²) in [4.78, 5) is 20.8. The van der Waals surface area contributed by atoms with Crippen LogP contribution in [-0.4, -0.2) is 47.0 Å². The number of urea groups is 1. The quantitative estimate of drug-likeness (QED) is 0.944. The molecule has 0 unspecified atom stereocenters. The molecule has 5 nitrogen and oxygen atoms in total.